The van der Waals surface area contributed by atoms with E-state index >= 15 is 0 Å². The Labute approximate surface area is 174 Å². The van der Waals surface area contributed by atoms with E-state index in [1.165, 1.54) is 44.1 Å². The summed E-state index contributed by atoms with van der Waals surface area (Å²) in [6.07, 6.45) is 9.62. The average molecular weight is 407 g/mol. The van der Waals surface area contributed by atoms with Crippen LogP contribution in [-0.2, 0) is 0 Å². The van der Waals surface area contributed by atoms with Crippen LogP contribution in [0.2, 0.25) is 0 Å². The van der Waals surface area contributed by atoms with Gasteiger partial charge in [0.05, 0.1) is 10.2 Å². The molecule has 1 aromatic carbocycles. The van der Waals surface area contributed by atoms with Gasteiger partial charge in [-0.05, 0) is 80.9 Å². The number of thiazole rings is 1. The second kappa shape index (κ2) is 6.29. The van der Waals surface area contributed by atoms with Crippen LogP contribution >= 0.6 is 11.3 Å². The number of rotatable bonds is 4. The molecule has 2 heterocycles. The van der Waals surface area contributed by atoms with E-state index in [1.54, 1.807) is 17.7 Å². The SMILES string of the molecule is Cc1ccc2nc(Nc3ncnc(NC45CC6CC(CC(C6)C4)C5)c3N)sc2c1. The Kier molecular flexibility index (Phi) is 3.79. The molecule has 150 valence electrons. The minimum atomic E-state index is 0.169. The second-order valence-electron chi connectivity index (χ2n) is 9.42. The Bertz CT molecular complexity index is 1050. The van der Waals surface area contributed by atoms with E-state index in [9.17, 15) is 0 Å². The molecule has 0 saturated heterocycles. The lowest BCUT2D eigenvalue weighted by Crippen LogP contribution is -2.55. The monoisotopic (exact) mass is 406 g/mol. The number of benzene rings is 1. The van der Waals surface area contributed by atoms with E-state index in [-0.39, 0.29) is 5.54 Å². The number of hydrogen-bond donors (Lipinski definition) is 3. The molecule has 7 rings (SSSR count). The molecular formula is C22H26N6S. The van der Waals surface area contributed by atoms with Gasteiger partial charge in [-0.3, -0.25) is 0 Å². The zero-order valence-electron chi connectivity index (χ0n) is 16.6. The van der Waals surface area contributed by atoms with E-state index in [1.807, 2.05) is 0 Å². The lowest BCUT2D eigenvalue weighted by atomic mass is 9.53. The highest BCUT2D eigenvalue weighted by Crippen LogP contribution is 2.56. The zero-order valence-corrected chi connectivity index (χ0v) is 17.4. The first-order valence-electron chi connectivity index (χ1n) is 10.6. The molecule has 7 heteroatoms. The third-order valence-electron chi connectivity index (χ3n) is 7.07. The molecule has 4 aliphatic rings. The molecule has 4 bridgehead atoms. The zero-order chi connectivity index (χ0) is 19.6. The fraction of sp³-hybridized carbons (Fsp3) is 0.500. The second-order valence-corrected chi connectivity index (χ2v) is 10.5. The predicted octanol–water partition coefficient (Wildman–Crippen LogP) is 5.10. The molecule has 4 saturated carbocycles. The standard InChI is InChI=1S/C22H26N6S/c1-12-2-3-16-17(4-12)29-21(26-16)27-19-18(23)20(25-11-24-19)28-22-8-13-5-14(9-22)7-15(6-13)10-22/h2-4,11,13-15H,5-10,23H2,1H3,(H2,24,25,26,27,28). The summed E-state index contributed by atoms with van der Waals surface area (Å²) in [7, 11) is 0. The summed E-state index contributed by atoms with van der Waals surface area (Å²) >= 11 is 1.62. The fourth-order valence-electron chi connectivity index (χ4n) is 6.30. The minimum Gasteiger partial charge on any atom is -0.393 e. The average Bonchev–Trinajstić information content (AvgIpc) is 3.05. The molecule has 4 aliphatic carbocycles. The van der Waals surface area contributed by atoms with E-state index in [2.05, 4.69) is 50.7 Å². The Hall–Kier alpha value is -2.41. The summed E-state index contributed by atoms with van der Waals surface area (Å²) in [6, 6.07) is 6.29. The molecule has 0 radical (unpaired) electrons. The van der Waals surface area contributed by atoms with Crippen LogP contribution in [0, 0.1) is 24.7 Å². The maximum absolute atomic E-state index is 6.51. The van der Waals surface area contributed by atoms with Gasteiger partial charge in [-0.2, -0.15) is 0 Å². The van der Waals surface area contributed by atoms with Gasteiger partial charge < -0.3 is 16.4 Å². The molecule has 0 unspecified atom stereocenters. The number of fused-ring (bicyclic) bond motifs is 1. The van der Waals surface area contributed by atoms with Gasteiger partial charge >= 0.3 is 0 Å². The van der Waals surface area contributed by atoms with Crippen molar-refractivity contribution in [1.29, 1.82) is 0 Å². The van der Waals surface area contributed by atoms with Gasteiger partial charge in [0.25, 0.3) is 0 Å². The number of nitrogens with zero attached hydrogens (tertiary/aromatic N) is 3. The predicted molar refractivity (Wildman–Crippen MR) is 119 cm³/mol. The van der Waals surface area contributed by atoms with Gasteiger partial charge in [-0.15, -0.1) is 0 Å². The summed E-state index contributed by atoms with van der Waals surface area (Å²) < 4.78 is 1.16. The summed E-state index contributed by atoms with van der Waals surface area (Å²) in [5.74, 6) is 4.02. The topological polar surface area (TPSA) is 88.8 Å². The summed E-state index contributed by atoms with van der Waals surface area (Å²) in [6.45, 7) is 2.09. The van der Waals surface area contributed by atoms with Gasteiger partial charge in [-0.1, -0.05) is 17.4 Å². The number of nitrogens with two attached hydrogens (primary N) is 1. The van der Waals surface area contributed by atoms with Crippen molar-refractivity contribution in [3.8, 4) is 0 Å². The number of hydrogen-bond acceptors (Lipinski definition) is 7. The third kappa shape index (κ3) is 3.03. The summed E-state index contributed by atoms with van der Waals surface area (Å²) in [4.78, 5) is 13.6. The molecule has 6 nitrogen and oxygen atoms in total. The van der Waals surface area contributed by atoms with Crippen LogP contribution in [0.5, 0.6) is 0 Å². The van der Waals surface area contributed by atoms with Crippen molar-refractivity contribution in [2.75, 3.05) is 16.4 Å². The molecule has 0 atom stereocenters. The van der Waals surface area contributed by atoms with Crippen molar-refractivity contribution in [1.82, 2.24) is 15.0 Å². The molecule has 4 N–H and O–H groups in total. The Morgan fingerprint density at radius 3 is 2.45 bits per heavy atom. The highest BCUT2D eigenvalue weighted by atomic mass is 32.1. The van der Waals surface area contributed by atoms with Crippen molar-refractivity contribution >= 4 is 44.0 Å². The lowest BCUT2D eigenvalue weighted by molar-refractivity contribution is 0.0106. The number of aryl methyl sites for hydroxylation is 1. The fourth-order valence-corrected chi connectivity index (χ4v) is 7.26. The summed E-state index contributed by atoms with van der Waals surface area (Å²) in [5.41, 5.74) is 9.48. The number of nitrogen functional groups attached to an aromatic ring is 1. The Morgan fingerprint density at radius 2 is 1.72 bits per heavy atom. The van der Waals surface area contributed by atoms with Gasteiger partial charge in [0, 0.05) is 5.54 Å². The van der Waals surface area contributed by atoms with Crippen molar-refractivity contribution < 1.29 is 0 Å². The maximum atomic E-state index is 6.51. The van der Waals surface area contributed by atoms with Gasteiger partial charge in [0.15, 0.2) is 16.8 Å². The van der Waals surface area contributed by atoms with Crippen LogP contribution in [0.25, 0.3) is 10.2 Å². The van der Waals surface area contributed by atoms with E-state index in [4.69, 9.17) is 5.73 Å². The molecular weight excluding hydrogens is 380 g/mol. The van der Waals surface area contributed by atoms with Crippen LogP contribution in [-0.4, -0.2) is 20.5 Å². The van der Waals surface area contributed by atoms with Gasteiger partial charge in [0.2, 0.25) is 0 Å². The largest absolute Gasteiger partial charge is 0.393 e. The van der Waals surface area contributed by atoms with E-state index in [0.717, 1.165) is 38.9 Å². The normalized spacial score (nSPS) is 30.0. The molecule has 0 amide bonds. The number of nitrogens with one attached hydrogen (secondary N) is 2. The van der Waals surface area contributed by atoms with Gasteiger partial charge in [-0.25, -0.2) is 15.0 Å². The highest BCUT2D eigenvalue weighted by Gasteiger charge is 2.51. The van der Waals surface area contributed by atoms with Crippen LogP contribution in [0.1, 0.15) is 44.1 Å². The molecule has 0 spiro atoms. The van der Waals surface area contributed by atoms with E-state index < -0.39 is 0 Å². The number of aromatic nitrogens is 3. The summed E-state index contributed by atoms with van der Waals surface area (Å²) in [5, 5.41) is 7.91. The van der Waals surface area contributed by atoms with Gasteiger partial charge in [0.1, 0.15) is 12.0 Å². The highest BCUT2D eigenvalue weighted by molar-refractivity contribution is 7.22. The van der Waals surface area contributed by atoms with Crippen LogP contribution < -0.4 is 16.4 Å². The minimum absolute atomic E-state index is 0.169. The molecule has 4 fully saturated rings. The van der Waals surface area contributed by atoms with Crippen molar-refractivity contribution in [2.45, 2.75) is 51.0 Å². The van der Waals surface area contributed by atoms with E-state index in [0.29, 0.717) is 11.5 Å². The third-order valence-corrected chi connectivity index (χ3v) is 8.01. The smallest absolute Gasteiger partial charge is 0.189 e. The quantitative estimate of drug-likeness (QED) is 0.558. The maximum Gasteiger partial charge on any atom is 0.189 e. The lowest BCUT2D eigenvalue weighted by Gasteiger charge is -2.57. The first-order chi connectivity index (χ1) is 14.1. The van der Waals surface area contributed by atoms with Crippen molar-refractivity contribution in [3.63, 3.8) is 0 Å². The van der Waals surface area contributed by atoms with Crippen molar-refractivity contribution in [2.24, 2.45) is 17.8 Å². The first-order valence-corrected chi connectivity index (χ1v) is 11.4. The number of anilines is 4. The van der Waals surface area contributed by atoms with Crippen LogP contribution in [0.3, 0.4) is 0 Å². The first kappa shape index (κ1) is 17.4. The van der Waals surface area contributed by atoms with Crippen molar-refractivity contribution in [3.05, 3.63) is 30.1 Å². The Balaban J connectivity index is 1.27. The Morgan fingerprint density at radius 1 is 1.03 bits per heavy atom. The van der Waals surface area contributed by atoms with Crippen LogP contribution in [0.4, 0.5) is 22.5 Å². The molecule has 0 aliphatic heterocycles. The molecule has 2 aromatic heterocycles. The molecule has 3 aromatic rings. The van der Waals surface area contributed by atoms with Crippen LogP contribution in [0.15, 0.2) is 24.5 Å². The molecule has 29 heavy (non-hydrogen) atoms.